The van der Waals surface area contributed by atoms with Crippen molar-refractivity contribution in [2.24, 2.45) is 0 Å². The van der Waals surface area contributed by atoms with Gasteiger partial charge in [-0.1, -0.05) is 0 Å². The molecule has 0 aliphatic rings. The summed E-state index contributed by atoms with van der Waals surface area (Å²) in [5.74, 6) is 0. The molecule has 0 fully saturated rings. The van der Waals surface area contributed by atoms with Crippen LogP contribution >= 0.6 is 0 Å². The van der Waals surface area contributed by atoms with Crippen molar-refractivity contribution < 1.29 is 95.5 Å². The Morgan fingerprint density at radius 2 is 0.800 bits per heavy atom. The normalized spacial score (nSPS) is 1.90. The molecule has 0 heterocycles. The van der Waals surface area contributed by atoms with Gasteiger partial charge in [-0.25, -0.2) is 0 Å². The fourth-order valence-corrected chi connectivity index (χ4v) is 0. The van der Waals surface area contributed by atoms with E-state index in [9.17, 15) is 0 Å². The SMILES string of the molecule is C[CH2][Al+2].[Cl-].[Cl-].[Cl-].[Cl-].[Cl-].[Cl-].[W+4]. The van der Waals surface area contributed by atoms with Crippen LogP contribution in [-0.4, -0.2) is 16.3 Å². The van der Waals surface area contributed by atoms with Crippen LogP contribution in [0, 0.1) is 0 Å². The van der Waals surface area contributed by atoms with Crippen LogP contribution in [0.1, 0.15) is 6.92 Å². The number of rotatable bonds is 0. The van der Waals surface area contributed by atoms with Crippen LogP contribution < -0.4 is 74.4 Å². The fourth-order valence-electron chi connectivity index (χ4n) is 0. The van der Waals surface area contributed by atoms with Crippen molar-refractivity contribution in [3.8, 4) is 0 Å². The molecule has 0 aromatic heterocycles. The second kappa shape index (κ2) is 91.6. The first-order valence-corrected chi connectivity index (χ1v) is 1.93. The molecule has 0 saturated carbocycles. The van der Waals surface area contributed by atoms with E-state index in [1.807, 2.05) is 0 Å². The Bertz CT molecular complexity index is 15.7. The first kappa shape index (κ1) is 75.3. The van der Waals surface area contributed by atoms with Crippen molar-refractivity contribution in [2.45, 2.75) is 12.2 Å². The first-order chi connectivity index (χ1) is 1.41. The summed E-state index contributed by atoms with van der Waals surface area (Å²) in [6.45, 7) is 2.09. The summed E-state index contributed by atoms with van der Waals surface area (Å²) in [5, 5.41) is 1.17. The van der Waals surface area contributed by atoms with E-state index in [1.54, 1.807) is 0 Å². The summed E-state index contributed by atoms with van der Waals surface area (Å²) in [5.41, 5.74) is 0. The van der Waals surface area contributed by atoms with Crippen molar-refractivity contribution in [2.75, 3.05) is 0 Å². The smallest absolute Gasteiger partial charge is 1.00 e. The maximum Gasteiger partial charge on any atom is 4.00 e. The largest absolute Gasteiger partial charge is 4.00 e. The number of halogens is 6. The van der Waals surface area contributed by atoms with Crippen LogP contribution in [0.15, 0.2) is 0 Å². The Kier molecular flexibility index (Phi) is 690. The Morgan fingerprint density at radius 3 is 0.800 bits per heavy atom. The molecular formula is C2H5AlCl6W. The van der Waals surface area contributed by atoms with Crippen LogP contribution in [0.2, 0.25) is 5.28 Å². The van der Waals surface area contributed by atoms with Gasteiger partial charge in [0.15, 0.2) is 0 Å². The molecule has 0 aromatic rings. The molecule has 64 valence electrons. The molecule has 10 heavy (non-hydrogen) atoms. The Morgan fingerprint density at radius 1 is 0.800 bits per heavy atom. The first-order valence-electron chi connectivity index (χ1n) is 1.12. The van der Waals surface area contributed by atoms with E-state index in [4.69, 9.17) is 0 Å². The predicted molar refractivity (Wildman–Crippen MR) is 16.2 cm³/mol. The van der Waals surface area contributed by atoms with Crippen LogP contribution in [-0.2, 0) is 21.1 Å². The van der Waals surface area contributed by atoms with Crippen LogP contribution in [0.4, 0.5) is 0 Å². The molecule has 0 spiro atoms. The van der Waals surface area contributed by atoms with Crippen LogP contribution in [0.5, 0.6) is 0 Å². The van der Waals surface area contributed by atoms with Gasteiger partial charge in [-0.3, -0.25) is 0 Å². The van der Waals surface area contributed by atoms with Gasteiger partial charge in [0.25, 0.3) is 0 Å². The van der Waals surface area contributed by atoms with E-state index < -0.39 is 0 Å². The van der Waals surface area contributed by atoms with Gasteiger partial charge in [0.2, 0.25) is 0 Å². The molecule has 0 amide bonds. The van der Waals surface area contributed by atoms with Gasteiger partial charge in [0.05, 0.1) is 0 Å². The second-order valence-corrected chi connectivity index (χ2v) is 1.22. The molecule has 0 radical (unpaired) electrons. The standard InChI is InChI=1S/C2H5.Al.6ClH.W/c1-2;;;;;;;;/h1H2,2H3;;6*1H;/q;+2;;;;;;;+4/p-6. The quantitative estimate of drug-likeness (QED) is 0.321. The zero-order valence-corrected chi connectivity index (χ0v) is 13.6. The van der Waals surface area contributed by atoms with Gasteiger partial charge in [-0.05, 0) is 0 Å². The van der Waals surface area contributed by atoms with Crippen LogP contribution in [0.3, 0.4) is 0 Å². The molecule has 8 heteroatoms. The van der Waals surface area contributed by atoms with E-state index in [1.165, 1.54) is 5.28 Å². The van der Waals surface area contributed by atoms with Gasteiger partial charge >= 0.3 is 49.6 Å². The van der Waals surface area contributed by atoms with Crippen molar-refractivity contribution in [3.63, 3.8) is 0 Å². The van der Waals surface area contributed by atoms with Crippen molar-refractivity contribution >= 4 is 16.3 Å². The van der Waals surface area contributed by atoms with Crippen molar-refractivity contribution in [3.05, 3.63) is 0 Å². The summed E-state index contributed by atoms with van der Waals surface area (Å²) in [6, 6.07) is 0. The molecule has 0 rings (SSSR count). The molecule has 0 saturated heterocycles. The van der Waals surface area contributed by atoms with E-state index in [0.29, 0.717) is 0 Å². The summed E-state index contributed by atoms with van der Waals surface area (Å²) in [6.07, 6.45) is 0. The van der Waals surface area contributed by atoms with Crippen LogP contribution in [0.25, 0.3) is 0 Å². The zero-order valence-electron chi connectivity index (χ0n) is 4.96. The molecule has 0 aliphatic heterocycles. The average Bonchev–Trinajstić information content (AvgIpc) is 0.918. The average molecular weight is 453 g/mol. The summed E-state index contributed by atoms with van der Waals surface area (Å²) < 4.78 is 0. The summed E-state index contributed by atoms with van der Waals surface area (Å²) in [7, 11) is 0. The summed E-state index contributed by atoms with van der Waals surface area (Å²) >= 11 is 2.58. The minimum Gasteiger partial charge on any atom is -1.00 e. The zero-order chi connectivity index (χ0) is 2.71. The molecule has 0 aromatic carbocycles. The van der Waals surface area contributed by atoms with E-state index in [0.717, 1.165) is 0 Å². The second-order valence-electron chi connectivity index (χ2n) is 0.408. The molecule has 0 unspecified atom stereocenters. The Balaban J connectivity index is -0.000000000952. The van der Waals surface area contributed by atoms with Gasteiger partial charge in [0, 0.05) is 0 Å². The molecule has 0 bridgehead atoms. The van der Waals surface area contributed by atoms with E-state index in [2.05, 4.69) is 23.2 Å². The molecule has 0 atom stereocenters. The molecule has 0 nitrogen and oxygen atoms in total. The third-order valence-electron chi connectivity index (χ3n) is 0. The topological polar surface area (TPSA) is 0 Å². The third kappa shape index (κ3) is 124. The van der Waals surface area contributed by atoms with E-state index >= 15 is 0 Å². The third-order valence-corrected chi connectivity index (χ3v) is 0. The molecule has 0 aliphatic carbocycles. The summed E-state index contributed by atoms with van der Waals surface area (Å²) in [4.78, 5) is 0. The predicted octanol–water partition coefficient (Wildman–Crippen LogP) is -17.4. The minimum atomic E-state index is 0. The maximum atomic E-state index is 2.58. The Hall–Kier alpha value is 2.96. The number of hydrogen-bond acceptors (Lipinski definition) is 0. The number of hydrogen-bond donors (Lipinski definition) is 0. The molecule has 0 N–H and O–H groups in total. The van der Waals surface area contributed by atoms with Gasteiger partial charge in [-0.2, -0.15) is 0 Å². The van der Waals surface area contributed by atoms with Gasteiger partial charge < -0.3 is 74.4 Å². The Labute approximate surface area is 123 Å². The van der Waals surface area contributed by atoms with Gasteiger partial charge in [0.1, 0.15) is 0 Å². The van der Waals surface area contributed by atoms with Gasteiger partial charge in [-0.15, -0.1) is 0 Å². The van der Waals surface area contributed by atoms with E-state index in [-0.39, 0.29) is 95.5 Å². The maximum absolute atomic E-state index is 2.58. The monoisotopic (exact) mass is 450 g/mol. The fraction of sp³-hybridized carbons (Fsp3) is 1.00. The van der Waals surface area contributed by atoms with Crippen molar-refractivity contribution in [1.29, 1.82) is 0 Å². The minimum absolute atomic E-state index is 0. The molecular weight excluding hydrogens is 448 g/mol. The van der Waals surface area contributed by atoms with Crippen molar-refractivity contribution in [1.82, 2.24) is 0 Å².